The molecule has 4 aromatic rings. The maximum absolute atomic E-state index is 12.6. The molecule has 0 bridgehead atoms. The minimum Gasteiger partial charge on any atom is -0.303 e. The van der Waals surface area contributed by atoms with Crippen LogP contribution in [0.4, 0.5) is 5.82 Å². The first-order valence-electron chi connectivity index (χ1n) is 8.35. The molecular formula is C18H16N6O. The number of carbonyl (C=O) groups excluding carboxylic acids is 1. The number of aromatic nitrogens is 5. The average Bonchev–Trinajstić information content (AvgIpc) is 3.24. The van der Waals surface area contributed by atoms with Crippen molar-refractivity contribution in [3.05, 3.63) is 54.5 Å². The lowest BCUT2D eigenvalue weighted by Gasteiger charge is -2.00. The molecule has 0 aliphatic heterocycles. The van der Waals surface area contributed by atoms with E-state index in [0.29, 0.717) is 23.1 Å². The van der Waals surface area contributed by atoms with Gasteiger partial charge in [0.1, 0.15) is 0 Å². The molecule has 1 aromatic carbocycles. The highest BCUT2D eigenvalue weighted by molar-refractivity contribution is 6.07. The van der Waals surface area contributed by atoms with Crippen molar-refractivity contribution in [1.82, 2.24) is 24.4 Å². The zero-order valence-corrected chi connectivity index (χ0v) is 13.5. The summed E-state index contributed by atoms with van der Waals surface area (Å²) in [7, 11) is 0. The quantitative estimate of drug-likeness (QED) is 0.623. The molecular weight excluding hydrogens is 316 g/mol. The van der Waals surface area contributed by atoms with Crippen molar-refractivity contribution in [2.75, 3.05) is 5.32 Å². The van der Waals surface area contributed by atoms with E-state index in [1.54, 1.807) is 29.0 Å². The lowest BCUT2D eigenvalue weighted by molar-refractivity contribution is 0.102. The number of hydrogen-bond donors (Lipinski definition) is 1. The molecule has 1 N–H and O–H groups in total. The molecule has 7 heteroatoms. The van der Waals surface area contributed by atoms with Gasteiger partial charge in [-0.1, -0.05) is 12.1 Å². The largest absolute Gasteiger partial charge is 0.303 e. The molecule has 25 heavy (non-hydrogen) atoms. The van der Waals surface area contributed by atoms with Gasteiger partial charge in [0.25, 0.3) is 5.91 Å². The molecule has 124 valence electrons. The fourth-order valence-corrected chi connectivity index (χ4v) is 3.02. The first kappa shape index (κ1) is 14.2. The Bertz CT molecular complexity index is 1060. The lowest BCUT2D eigenvalue weighted by Crippen LogP contribution is -2.13. The summed E-state index contributed by atoms with van der Waals surface area (Å²) in [6.45, 7) is 0.897. The van der Waals surface area contributed by atoms with Gasteiger partial charge in [-0.05, 0) is 37.0 Å². The highest BCUT2D eigenvalue weighted by atomic mass is 16.2. The van der Waals surface area contributed by atoms with E-state index in [0.717, 1.165) is 17.4 Å². The van der Waals surface area contributed by atoms with E-state index in [1.165, 1.54) is 12.8 Å². The van der Waals surface area contributed by atoms with Gasteiger partial charge in [0, 0.05) is 30.4 Å². The van der Waals surface area contributed by atoms with Crippen molar-refractivity contribution in [1.29, 1.82) is 0 Å². The molecule has 0 saturated heterocycles. The molecule has 0 radical (unpaired) electrons. The van der Waals surface area contributed by atoms with Crippen molar-refractivity contribution in [3.8, 4) is 0 Å². The summed E-state index contributed by atoms with van der Waals surface area (Å²) < 4.78 is 3.58. The lowest BCUT2D eigenvalue weighted by atomic mass is 10.2. The van der Waals surface area contributed by atoms with Crippen molar-refractivity contribution in [3.63, 3.8) is 0 Å². The van der Waals surface area contributed by atoms with Crippen LogP contribution >= 0.6 is 0 Å². The van der Waals surface area contributed by atoms with Crippen LogP contribution < -0.4 is 5.32 Å². The first-order chi connectivity index (χ1) is 12.3. The average molecular weight is 332 g/mol. The van der Waals surface area contributed by atoms with Gasteiger partial charge in [-0.25, -0.2) is 9.50 Å². The molecule has 7 nitrogen and oxygen atoms in total. The van der Waals surface area contributed by atoms with Crippen LogP contribution in [-0.4, -0.2) is 30.3 Å². The van der Waals surface area contributed by atoms with E-state index < -0.39 is 0 Å². The molecule has 3 heterocycles. The Hall–Kier alpha value is -3.22. The standard InChI is InChI=1S/C18H16N6O/c25-18(14-10-16-19-8-3-9-23(16)21-14)20-17-13-4-1-2-5-15(13)24(22-17)11-12-6-7-12/h1-5,8-10,12H,6-7,11H2,(H,20,22,25). The Balaban J connectivity index is 1.49. The second-order valence-electron chi connectivity index (χ2n) is 6.40. The summed E-state index contributed by atoms with van der Waals surface area (Å²) in [6, 6.07) is 11.4. The molecule has 5 rings (SSSR count). The zero-order chi connectivity index (χ0) is 16.8. The Morgan fingerprint density at radius 3 is 2.92 bits per heavy atom. The number of rotatable bonds is 4. The Morgan fingerprint density at radius 1 is 1.20 bits per heavy atom. The van der Waals surface area contributed by atoms with Crippen molar-refractivity contribution in [2.24, 2.45) is 5.92 Å². The molecule has 0 atom stereocenters. The maximum atomic E-state index is 12.6. The summed E-state index contributed by atoms with van der Waals surface area (Å²) in [5.41, 5.74) is 2.00. The topological polar surface area (TPSA) is 77.1 Å². The van der Waals surface area contributed by atoms with Crippen LogP contribution in [-0.2, 0) is 6.54 Å². The number of hydrogen-bond acceptors (Lipinski definition) is 4. The first-order valence-corrected chi connectivity index (χ1v) is 8.35. The maximum Gasteiger partial charge on any atom is 0.277 e. The van der Waals surface area contributed by atoms with E-state index in [9.17, 15) is 4.79 Å². The fourth-order valence-electron chi connectivity index (χ4n) is 3.02. The third kappa shape index (κ3) is 2.53. The van der Waals surface area contributed by atoms with E-state index >= 15 is 0 Å². The summed E-state index contributed by atoms with van der Waals surface area (Å²) in [5.74, 6) is 0.995. The number of carbonyl (C=O) groups is 1. The second-order valence-corrected chi connectivity index (χ2v) is 6.40. The molecule has 1 saturated carbocycles. The van der Waals surface area contributed by atoms with Crippen LogP contribution in [0.2, 0.25) is 0 Å². The van der Waals surface area contributed by atoms with Gasteiger partial charge >= 0.3 is 0 Å². The number of nitrogens with one attached hydrogen (secondary N) is 1. The van der Waals surface area contributed by atoms with Crippen molar-refractivity contribution < 1.29 is 4.79 Å². The molecule has 0 spiro atoms. The van der Waals surface area contributed by atoms with Crippen LogP contribution in [0.3, 0.4) is 0 Å². The highest BCUT2D eigenvalue weighted by Crippen LogP contribution is 2.32. The molecule has 1 aliphatic rings. The molecule has 3 aromatic heterocycles. The third-order valence-corrected chi connectivity index (χ3v) is 4.49. The normalized spacial score (nSPS) is 14.2. The molecule has 1 amide bonds. The van der Waals surface area contributed by atoms with Crippen LogP contribution in [0.15, 0.2) is 48.8 Å². The number of nitrogens with zero attached hydrogens (tertiary/aromatic N) is 5. The fraction of sp³-hybridized carbons (Fsp3) is 0.222. The van der Waals surface area contributed by atoms with Gasteiger partial charge < -0.3 is 5.32 Å². The van der Waals surface area contributed by atoms with Gasteiger partial charge in [-0.3, -0.25) is 9.48 Å². The van der Waals surface area contributed by atoms with E-state index in [4.69, 9.17) is 0 Å². The second kappa shape index (κ2) is 5.41. The Kier molecular flexibility index (Phi) is 3.06. The Morgan fingerprint density at radius 2 is 2.08 bits per heavy atom. The van der Waals surface area contributed by atoms with Crippen molar-refractivity contribution >= 4 is 28.3 Å². The minimum absolute atomic E-state index is 0.285. The number of anilines is 1. The van der Waals surface area contributed by atoms with Gasteiger partial charge in [0.2, 0.25) is 0 Å². The monoisotopic (exact) mass is 332 g/mol. The summed E-state index contributed by atoms with van der Waals surface area (Å²) in [6.07, 6.45) is 5.94. The van der Waals surface area contributed by atoms with Crippen LogP contribution in [0, 0.1) is 5.92 Å². The Labute approximate surface area is 143 Å². The smallest absolute Gasteiger partial charge is 0.277 e. The number of para-hydroxylation sites is 1. The summed E-state index contributed by atoms with van der Waals surface area (Å²) in [4.78, 5) is 16.8. The number of benzene rings is 1. The predicted molar refractivity (Wildman–Crippen MR) is 93.4 cm³/mol. The van der Waals surface area contributed by atoms with Gasteiger partial charge in [0.05, 0.1) is 5.52 Å². The van der Waals surface area contributed by atoms with Crippen LogP contribution in [0.5, 0.6) is 0 Å². The zero-order valence-electron chi connectivity index (χ0n) is 13.5. The van der Waals surface area contributed by atoms with Gasteiger partial charge in [-0.2, -0.15) is 10.2 Å². The third-order valence-electron chi connectivity index (χ3n) is 4.49. The highest BCUT2D eigenvalue weighted by Gasteiger charge is 2.24. The minimum atomic E-state index is -0.285. The summed E-state index contributed by atoms with van der Waals surface area (Å²) >= 11 is 0. The van der Waals surface area contributed by atoms with Crippen LogP contribution in [0.1, 0.15) is 23.3 Å². The number of fused-ring (bicyclic) bond motifs is 2. The predicted octanol–water partition coefficient (Wildman–Crippen LogP) is 2.74. The molecule has 0 unspecified atom stereocenters. The van der Waals surface area contributed by atoms with Crippen LogP contribution in [0.25, 0.3) is 16.6 Å². The molecule has 1 fully saturated rings. The number of amides is 1. The van der Waals surface area contributed by atoms with E-state index in [2.05, 4.69) is 20.5 Å². The van der Waals surface area contributed by atoms with Gasteiger partial charge in [0.15, 0.2) is 17.2 Å². The van der Waals surface area contributed by atoms with E-state index in [-0.39, 0.29) is 5.91 Å². The van der Waals surface area contributed by atoms with E-state index in [1.807, 2.05) is 28.9 Å². The van der Waals surface area contributed by atoms with Gasteiger partial charge in [-0.15, -0.1) is 0 Å². The summed E-state index contributed by atoms with van der Waals surface area (Å²) in [5, 5.41) is 12.7. The SMILES string of the molecule is O=C(Nc1nn(CC2CC2)c2ccccc12)c1cc2ncccn2n1. The van der Waals surface area contributed by atoms with Crippen molar-refractivity contribution in [2.45, 2.75) is 19.4 Å². The molecule has 1 aliphatic carbocycles.